The lowest BCUT2D eigenvalue weighted by atomic mass is 10.1. The molecule has 12 heavy (non-hydrogen) atoms. The lowest BCUT2D eigenvalue weighted by Gasteiger charge is -2.32. The molecule has 1 aliphatic heterocycles. The molecule has 1 heterocycles. The van der Waals surface area contributed by atoms with Gasteiger partial charge in [0.05, 0.1) is 18.5 Å². The topological polar surface area (TPSA) is 76.4 Å². The normalized spacial score (nSPS) is 23.2. The van der Waals surface area contributed by atoms with Gasteiger partial charge in [0.2, 0.25) is 0 Å². The smallest absolute Gasteiger partial charge is 0.407 e. The lowest BCUT2D eigenvalue weighted by molar-refractivity contribution is 0.113. The first kappa shape index (κ1) is 8.81. The van der Waals surface area contributed by atoms with Crippen LogP contribution in [0.3, 0.4) is 0 Å². The van der Waals surface area contributed by atoms with Crippen LogP contribution >= 0.6 is 0 Å². The van der Waals surface area contributed by atoms with Gasteiger partial charge in [-0.1, -0.05) is 0 Å². The Morgan fingerprint density at radius 3 is 3.17 bits per heavy atom. The summed E-state index contributed by atoms with van der Waals surface area (Å²) in [4.78, 5) is 11.9. The van der Waals surface area contributed by atoms with E-state index in [1.807, 2.05) is 6.07 Å². The van der Waals surface area contributed by atoms with Crippen LogP contribution in [0.25, 0.3) is 0 Å². The van der Waals surface area contributed by atoms with Crippen molar-refractivity contribution in [1.82, 2.24) is 10.2 Å². The van der Waals surface area contributed by atoms with E-state index in [-0.39, 0.29) is 12.5 Å². The number of nitrogens with one attached hydrogen (secondary N) is 1. The number of hydrogen-bond acceptors (Lipinski definition) is 3. The maximum absolute atomic E-state index is 10.6. The highest BCUT2D eigenvalue weighted by Gasteiger charge is 2.25. The summed E-state index contributed by atoms with van der Waals surface area (Å²) < 4.78 is 0. The first-order chi connectivity index (χ1) is 5.75. The first-order valence-electron chi connectivity index (χ1n) is 3.83. The van der Waals surface area contributed by atoms with E-state index in [4.69, 9.17) is 10.4 Å². The summed E-state index contributed by atoms with van der Waals surface area (Å²) >= 11 is 0. The second-order valence-corrected chi connectivity index (χ2v) is 2.70. The Morgan fingerprint density at radius 1 is 1.83 bits per heavy atom. The highest BCUT2D eigenvalue weighted by Crippen LogP contribution is 2.06. The van der Waals surface area contributed by atoms with E-state index in [0.717, 1.165) is 0 Å². The molecule has 1 atom stereocenters. The van der Waals surface area contributed by atoms with Crippen LogP contribution in [0.1, 0.15) is 6.42 Å². The van der Waals surface area contributed by atoms with E-state index in [2.05, 4.69) is 5.32 Å². The Kier molecular flexibility index (Phi) is 2.88. The molecule has 0 radical (unpaired) electrons. The van der Waals surface area contributed by atoms with E-state index in [1.54, 1.807) is 0 Å². The van der Waals surface area contributed by atoms with Crippen molar-refractivity contribution >= 4 is 6.09 Å². The van der Waals surface area contributed by atoms with Gasteiger partial charge in [-0.3, -0.25) is 0 Å². The molecule has 1 amide bonds. The summed E-state index contributed by atoms with van der Waals surface area (Å²) in [7, 11) is 0. The maximum Gasteiger partial charge on any atom is 0.407 e. The third-order valence-electron chi connectivity index (χ3n) is 1.92. The van der Waals surface area contributed by atoms with Crippen LogP contribution in [0.4, 0.5) is 4.79 Å². The number of hydrogen-bond donors (Lipinski definition) is 2. The minimum Gasteiger partial charge on any atom is -0.465 e. The molecule has 66 valence electrons. The van der Waals surface area contributed by atoms with Crippen LogP contribution in [-0.4, -0.2) is 41.8 Å². The fourth-order valence-corrected chi connectivity index (χ4v) is 1.30. The van der Waals surface area contributed by atoms with Gasteiger partial charge in [0.15, 0.2) is 0 Å². The molecule has 2 N–H and O–H groups in total. The van der Waals surface area contributed by atoms with E-state index < -0.39 is 6.09 Å². The highest BCUT2D eigenvalue weighted by atomic mass is 16.4. The minimum atomic E-state index is -0.934. The SMILES string of the molecule is N#CCC1CNCCN1C(=O)O. The average molecular weight is 169 g/mol. The summed E-state index contributed by atoms with van der Waals surface area (Å²) in [5.41, 5.74) is 0. The molecule has 0 aromatic rings. The number of carbonyl (C=O) groups is 1. The van der Waals surface area contributed by atoms with Gasteiger partial charge in [-0.2, -0.15) is 5.26 Å². The number of piperazine rings is 1. The predicted molar refractivity (Wildman–Crippen MR) is 41.6 cm³/mol. The van der Waals surface area contributed by atoms with E-state index in [9.17, 15) is 4.79 Å². The molecule has 0 aliphatic carbocycles. The van der Waals surface area contributed by atoms with Crippen molar-refractivity contribution in [3.63, 3.8) is 0 Å². The second kappa shape index (κ2) is 3.93. The Labute approximate surface area is 70.6 Å². The Hall–Kier alpha value is -1.28. The first-order valence-corrected chi connectivity index (χ1v) is 3.83. The van der Waals surface area contributed by atoms with Crippen molar-refractivity contribution in [3.8, 4) is 6.07 Å². The highest BCUT2D eigenvalue weighted by molar-refractivity contribution is 5.65. The summed E-state index contributed by atoms with van der Waals surface area (Å²) in [5.74, 6) is 0. The van der Waals surface area contributed by atoms with E-state index >= 15 is 0 Å². The molecule has 1 saturated heterocycles. The van der Waals surface area contributed by atoms with Gasteiger partial charge in [0.1, 0.15) is 0 Å². The maximum atomic E-state index is 10.6. The fraction of sp³-hybridized carbons (Fsp3) is 0.714. The number of nitriles is 1. The molecule has 1 aliphatic rings. The Bertz CT molecular complexity index is 211. The third-order valence-corrected chi connectivity index (χ3v) is 1.92. The molecule has 5 nitrogen and oxygen atoms in total. The van der Waals surface area contributed by atoms with Crippen molar-refractivity contribution < 1.29 is 9.90 Å². The molecule has 0 aromatic heterocycles. The van der Waals surface area contributed by atoms with Gasteiger partial charge in [-0.25, -0.2) is 4.79 Å². The number of nitrogens with zero attached hydrogens (tertiary/aromatic N) is 2. The second-order valence-electron chi connectivity index (χ2n) is 2.70. The van der Waals surface area contributed by atoms with Crippen molar-refractivity contribution in [2.75, 3.05) is 19.6 Å². The van der Waals surface area contributed by atoms with Crippen LogP contribution in [0.15, 0.2) is 0 Å². The minimum absolute atomic E-state index is 0.179. The van der Waals surface area contributed by atoms with Crippen LogP contribution < -0.4 is 5.32 Å². The average Bonchev–Trinajstić information content (AvgIpc) is 2.05. The number of carboxylic acid groups (broad SMARTS) is 1. The largest absolute Gasteiger partial charge is 0.465 e. The number of rotatable bonds is 1. The van der Waals surface area contributed by atoms with Crippen molar-refractivity contribution in [3.05, 3.63) is 0 Å². The van der Waals surface area contributed by atoms with Gasteiger partial charge in [-0.05, 0) is 0 Å². The molecule has 0 saturated carbocycles. The summed E-state index contributed by atoms with van der Waals surface area (Å²) in [5, 5.41) is 20.2. The van der Waals surface area contributed by atoms with Crippen LogP contribution in [-0.2, 0) is 0 Å². The van der Waals surface area contributed by atoms with E-state index in [0.29, 0.717) is 19.6 Å². The Morgan fingerprint density at radius 2 is 2.58 bits per heavy atom. The van der Waals surface area contributed by atoms with Crippen LogP contribution in [0, 0.1) is 11.3 Å². The fourth-order valence-electron chi connectivity index (χ4n) is 1.30. The molecular formula is C7H11N3O2. The van der Waals surface area contributed by atoms with E-state index in [1.165, 1.54) is 4.90 Å². The van der Waals surface area contributed by atoms with Gasteiger partial charge in [0.25, 0.3) is 0 Å². The van der Waals surface area contributed by atoms with Gasteiger partial charge in [-0.15, -0.1) is 0 Å². The molecule has 5 heteroatoms. The molecule has 1 rings (SSSR count). The quantitative estimate of drug-likeness (QED) is 0.572. The molecule has 0 aromatic carbocycles. The lowest BCUT2D eigenvalue weighted by Crippen LogP contribution is -2.53. The monoisotopic (exact) mass is 169 g/mol. The number of amides is 1. The molecule has 1 unspecified atom stereocenters. The predicted octanol–water partition coefficient (Wildman–Crippen LogP) is -0.148. The van der Waals surface area contributed by atoms with Crippen LogP contribution in [0.2, 0.25) is 0 Å². The van der Waals surface area contributed by atoms with Gasteiger partial charge >= 0.3 is 6.09 Å². The molecular weight excluding hydrogens is 158 g/mol. The van der Waals surface area contributed by atoms with Crippen molar-refractivity contribution in [1.29, 1.82) is 5.26 Å². The zero-order valence-electron chi connectivity index (χ0n) is 6.66. The standard InChI is InChI=1S/C7H11N3O2/c8-2-1-6-5-9-3-4-10(6)7(11)12/h6,9H,1,3-5H2,(H,11,12). The summed E-state index contributed by atoms with van der Waals surface area (Å²) in [6, 6.07) is 1.80. The molecule has 0 spiro atoms. The summed E-state index contributed by atoms with van der Waals surface area (Å²) in [6.07, 6.45) is -0.670. The molecule has 0 bridgehead atoms. The van der Waals surface area contributed by atoms with Crippen LogP contribution in [0.5, 0.6) is 0 Å². The summed E-state index contributed by atoms with van der Waals surface area (Å²) in [6.45, 7) is 1.73. The third kappa shape index (κ3) is 1.86. The molecule has 1 fully saturated rings. The van der Waals surface area contributed by atoms with Crippen molar-refractivity contribution in [2.24, 2.45) is 0 Å². The Balaban J connectivity index is 2.55. The van der Waals surface area contributed by atoms with Crippen molar-refractivity contribution in [2.45, 2.75) is 12.5 Å². The van der Waals surface area contributed by atoms with Gasteiger partial charge < -0.3 is 15.3 Å². The zero-order valence-corrected chi connectivity index (χ0v) is 6.66. The zero-order chi connectivity index (χ0) is 8.97. The van der Waals surface area contributed by atoms with Gasteiger partial charge in [0, 0.05) is 19.6 Å².